The van der Waals surface area contributed by atoms with E-state index in [1.807, 2.05) is 0 Å². The van der Waals surface area contributed by atoms with Crippen LogP contribution in [0.25, 0.3) is 0 Å². The number of hydrogen-bond donors (Lipinski definition) is 2. The number of hydroxylamine groups is 1. The Morgan fingerprint density at radius 3 is 2.03 bits per heavy atom. The molecule has 2 amide bonds. The monoisotopic (exact) mass is 480 g/mol. The Morgan fingerprint density at radius 2 is 1.37 bits per heavy atom. The summed E-state index contributed by atoms with van der Waals surface area (Å²) in [7, 11) is 0. The fourth-order valence-electron chi connectivity index (χ4n) is 4.15. The van der Waals surface area contributed by atoms with Gasteiger partial charge in [-0.25, -0.2) is 4.90 Å². The van der Waals surface area contributed by atoms with Gasteiger partial charge in [0, 0.05) is 16.7 Å². The average molecular weight is 480 g/mol. The standard InChI is InChI=1S/C25H18F2N2O6/c26-25(27,28-18-7-3-1-5-16(18)20(30)23(28)33)22(32)15-11-9-14(10-12-15)13-35-29-19-8-4-2-6-17(19)21(31)24(29)34/h1-12,20-21,30-31H,13H2. The predicted octanol–water partition coefficient (Wildman–Crippen LogP) is 3.05. The third kappa shape index (κ3) is 3.59. The topological polar surface area (TPSA) is 107 Å². The van der Waals surface area contributed by atoms with Crippen LogP contribution in [0.1, 0.15) is 39.3 Å². The van der Waals surface area contributed by atoms with E-state index in [2.05, 4.69) is 0 Å². The van der Waals surface area contributed by atoms with Crippen molar-refractivity contribution in [1.82, 2.24) is 0 Å². The lowest BCUT2D eigenvalue weighted by Crippen LogP contribution is -2.50. The number of halogens is 2. The van der Waals surface area contributed by atoms with Crippen molar-refractivity contribution in [2.24, 2.45) is 0 Å². The lowest BCUT2D eigenvalue weighted by molar-refractivity contribution is -0.133. The van der Waals surface area contributed by atoms with Crippen LogP contribution in [0, 0.1) is 0 Å². The van der Waals surface area contributed by atoms with E-state index in [4.69, 9.17) is 4.84 Å². The predicted molar refractivity (Wildman–Crippen MR) is 118 cm³/mol. The molecule has 3 aromatic carbocycles. The van der Waals surface area contributed by atoms with Crippen LogP contribution in [0.15, 0.2) is 72.8 Å². The molecule has 0 fully saturated rings. The van der Waals surface area contributed by atoms with Gasteiger partial charge in [0.25, 0.3) is 17.6 Å². The van der Waals surface area contributed by atoms with Crippen LogP contribution >= 0.6 is 0 Å². The van der Waals surface area contributed by atoms with Crippen LogP contribution in [-0.4, -0.2) is 33.9 Å². The number of nitrogens with zero attached hydrogens (tertiary/aromatic N) is 2. The van der Waals surface area contributed by atoms with E-state index in [-0.39, 0.29) is 28.3 Å². The molecule has 2 heterocycles. The summed E-state index contributed by atoms with van der Waals surface area (Å²) in [5.41, 5.74) is 0.683. The number of carbonyl (C=O) groups excluding carboxylic acids is 3. The van der Waals surface area contributed by atoms with Gasteiger partial charge in [0.1, 0.15) is 6.61 Å². The third-order valence-electron chi connectivity index (χ3n) is 5.94. The van der Waals surface area contributed by atoms with E-state index in [0.29, 0.717) is 16.8 Å². The molecule has 3 aromatic rings. The second kappa shape index (κ2) is 8.35. The number of amides is 2. The Kier molecular flexibility index (Phi) is 5.43. The van der Waals surface area contributed by atoms with E-state index in [9.17, 15) is 24.6 Å². The highest BCUT2D eigenvalue weighted by Crippen LogP contribution is 2.42. The molecule has 0 spiro atoms. The van der Waals surface area contributed by atoms with Crippen molar-refractivity contribution in [1.29, 1.82) is 0 Å². The zero-order valence-electron chi connectivity index (χ0n) is 18.0. The van der Waals surface area contributed by atoms with Crippen molar-refractivity contribution in [2.45, 2.75) is 24.9 Å². The molecule has 178 valence electrons. The van der Waals surface area contributed by atoms with Gasteiger partial charge in [0.15, 0.2) is 12.2 Å². The second-order valence-corrected chi connectivity index (χ2v) is 8.07. The molecular formula is C25H18F2N2O6. The largest absolute Gasteiger partial charge is 0.396 e. The van der Waals surface area contributed by atoms with E-state index in [1.54, 1.807) is 24.3 Å². The summed E-state index contributed by atoms with van der Waals surface area (Å²) < 4.78 is 30.3. The van der Waals surface area contributed by atoms with Gasteiger partial charge in [-0.1, -0.05) is 60.7 Å². The van der Waals surface area contributed by atoms with Gasteiger partial charge in [0.05, 0.1) is 11.4 Å². The van der Waals surface area contributed by atoms with Crippen molar-refractivity contribution in [3.63, 3.8) is 0 Å². The van der Waals surface area contributed by atoms with Gasteiger partial charge in [-0.15, -0.1) is 0 Å². The van der Waals surface area contributed by atoms with Gasteiger partial charge in [0.2, 0.25) is 0 Å². The molecule has 0 bridgehead atoms. The molecule has 0 saturated heterocycles. The summed E-state index contributed by atoms with van der Waals surface area (Å²) >= 11 is 0. The van der Waals surface area contributed by atoms with Crippen molar-refractivity contribution in [3.8, 4) is 0 Å². The van der Waals surface area contributed by atoms with Crippen LogP contribution in [0.5, 0.6) is 0 Å². The number of aliphatic hydroxyl groups excluding tert-OH is 2. The zero-order valence-corrected chi connectivity index (χ0v) is 18.0. The van der Waals surface area contributed by atoms with Crippen LogP contribution in [-0.2, 0) is 21.0 Å². The number of carbonyl (C=O) groups is 3. The van der Waals surface area contributed by atoms with Gasteiger partial charge < -0.3 is 10.2 Å². The maximum atomic E-state index is 15.1. The molecule has 10 heteroatoms. The highest BCUT2D eigenvalue weighted by molar-refractivity contribution is 6.13. The smallest absolute Gasteiger partial charge is 0.378 e. The first kappa shape index (κ1) is 22.8. The molecule has 35 heavy (non-hydrogen) atoms. The quantitative estimate of drug-likeness (QED) is 0.415. The maximum absolute atomic E-state index is 15.1. The van der Waals surface area contributed by atoms with Crippen molar-refractivity contribution >= 4 is 29.0 Å². The SMILES string of the molecule is O=C1C(O)c2ccccc2N1OCc1ccc(C(=O)C(F)(F)N2C(=O)C(O)c3ccccc32)cc1. The van der Waals surface area contributed by atoms with Gasteiger partial charge >= 0.3 is 6.05 Å². The molecule has 2 unspecified atom stereocenters. The summed E-state index contributed by atoms with van der Waals surface area (Å²) in [5, 5.41) is 21.0. The van der Waals surface area contributed by atoms with Crippen molar-refractivity contribution in [2.75, 3.05) is 9.96 Å². The fourth-order valence-corrected chi connectivity index (χ4v) is 4.15. The van der Waals surface area contributed by atoms with E-state index in [0.717, 1.165) is 17.2 Å². The number of hydrogen-bond acceptors (Lipinski definition) is 6. The third-order valence-corrected chi connectivity index (χ3v) is 5.94. The number of aliphatic hydroxyl groups is 2. The molecule has 5 rings (SSSR count). The lowest BCUT2D eigenvalue weighted by Gasteiger charge is -2.26. The zero-order chi connectivity index (χ0) is 24.9. The van der Waals surface area contributed by atoms with Gasteiger partial charge in [-0.2, -0.15) is 13.8 Å². The van der Waals surface area contributed by atoms with Gasteiger partial charge in [-0.05, 0) is 17.7 Å². The van der Waals surface area contributed by atoms with E-state index >= 15 is 8.78 Å². The second-order valence-electron chi connectivity index (χ2n) is 8.07. The first-order chi connectivity index (χ1) is 16.7. The first-order valence-electron chi connectivity index (χ1n) is 10.6. The summed E-state index contributed by atoms with van der Waals surface area (Å²) in [6.45, 7) is -0.137. The summed E-state index contributed by atoms with van der Waals surface area (Å²) in [6.07, 6.45) is -3.12. The lowest BCUT2D eigenvalue weighted by atomic mass is 10.1. The number of benzene rings is 3. The number of rotatable bonds is 6. The summed E-state index contributed by atoms with van der Waals surface area (Å²) in [6, 6.07) is 12.9. The van der Waals surface area contributed by atoms with Crippen LogP contribution in [0.2, 0.25) is 0 Å². The number of para-hydroxylation sites is 2. The van der Waals surface area contributed by atoms with Gasteiger partial charge in [-0.3, -0.25) is 19.2 Å². The average Bonchev–Trinajstić information content (AvgIpc) is 3.27. The molecule has 2 atom stereocenters. The van der Waals surface area contributed by atoms with Crippen molar-refractivity contribution in [3.05, 3.63) is 95.1 Å². The molecule has 0 aliphatic carbocycles. The van der Waals surface area contributed by atoms with Crippen LogP contribution < -0.4 is 9.96 Å². The Morgan fingerprint density at radius 1 is 0.829 bits per heavy atom. The summed E-state index contributed by atoms with van der Waals surface area (Å²) in [4.78, 5) is 42.8. The minimum atomic E-state index is -4.23. The normalized spacial score (nSPS) is 19.2. The van der Waals surface area contributed by atoms with E-state index in [1.165, 1.54) is 36.4 Å². The van der Waals surface area contributed by atoms with Crippen molar-refractivity contribution < 1.29 is 38.2 Å². The number of fused-ring (bicyclic) bond motifs is 2. The molecule has 2 aliphatic heterocycles. The van der Waals surface area contributed by atoms with Crippen LogP contribution in [0.3, 0.4) is 0 Å². The minimum Gasteiger partial charge on any atom is -0.378 e. The molecule has 0 saturated carbocycles. The molecule has 0 aromatic heterocycles. The minimum absolute atomic E-state index is 0.000577. The Labute approximate surface area is 197 Å². The molecule has 2 N–H and O–H groups in total. The molecular weight excluding hydrogens is 462 g/mol. The number of Topliss-reactive ketones (excluding diaryl/α,β-unsaturated/α-hetero) is 1. The number of ketones is 1. The Hall–Kier alpha value is -3.99. The molecule has 0 radical (unpaired) electrons. The Balaban J connectivity index is 1.32. The first-order valence-corrected chi connectivity index (χ1v) is 10.6. The number of anilines is 2. The highest BCUT2D eigenvalue weighted by atomic mass is 19.3. The van der Waals surface area contributed by atoms with Crippen LogP contribution in [0.4, 0.5) is 20.2 Å². The maximum Gasteiger partial charge on any atom is 0.396 e. The highest BCUT2D eigenvalue weighted by Gasteiger charge is 2.54. The molecule has 8 nitrogen and oxygen atoms in total. The molecule has 2 aliphatic rings. The Bertz CT molecular complexity index is 1340. The fraction of sp³-hybridized carbons (Fsp3) is 0.160. The number of alkyl halides is 2. The van der Waals surface area contributed by atoms with E-state index < -0.39 is 35.9 Å². The summed E-state index contributed by atoms with van der Waals surface area (Å²) in [5.74, 6) is -3.56.